The molecule has 0 unspecified atom stereocenters. The van der Waals surface area contributed by atoms with E-state index in [4.69, 9.17) is 26.9 Å². The van der Waals surface area contributed by atoms with Gasteiger partial charge in [-0.25, -0.2) is 5.90 Å². The van der Waals surface area contributed by atoms with Gasteiger partial charge in [0.15, 0.2) is 5.66 Å². The summed E-state index contributed by atoms with van der Waals surface area (Å²) in [6.45, 7) is 13.9. The fraction of sp³-hybridized carbons (Fsp3) is 0.857. The summed E-state index contributed by atoms with van der Waals surface area (Å²) in [7, 11) is 0. The van der Waals surface area contributed by atoms with Crippen LogP contribution in [0.5, 0.6) is 0 Å². The Balaban J connectivity index is 4.92. The number of ketones is 1. The molecule has 6 N–H and O–H groups in total. The Morgan fingerprint density at radius 2 is 1.62 bits per heavy atom. The van der Waals surface area contributed by atoms with Crippen LogP contribution in [0.3, 0.4) is 0 Å². The molecule has 7 nitrogen and oxygen atoms in total. The zero-order valence-electron chi connectivity index (χ0n) is 14.0. The van der Waals surface area contributed by atoms with Crippen molar-refractivity contribution in [2.45, 2.75) is 70.4 Å². The summed E-state index contributed by atoms with van der Waals surface area (Å²) >= 11 is 0. The first kappa shape index (κ1) is 20.1. The Morgan fingerprint density at radius 3 is 2.00 bits per heavy atom. The van der Waals surface area contributed by atoms with E-state index in [0.29, 0.717) is 6.42 Å². The predicted molar refractivity (Wildman–Crippen MR) is 83.7 cm³/mol. The monoisotopic (exact) mass is 302 g/mol. The highest BCUT2D eigenvalue weighted by Crippen LogP contribution is 2.26. The lowest BCUT2D eigenvalue weighted by Gasteiger charge is -2.41. The zero-order valence-corrected chi connectivity index (χ0v) is 14.0. The molecule has 21 heavy (non-hydrogen) atoms. The normalized spacial score (nSPS) is 14.1. The minimum atomic E-state index is -1.68. The molecule has 0 saturated carbocycles. The number of carbonyl (C=O) groups excluding carboxylic acids is 1. The Hall–Kier alpha value is -0.860. The first-order valence-electron chi connectivity index (χ1n) is 6.86. The van der Waals surface area contributed by atoms with E-state index in [9.17, 15) is 4.79 Å². The van der Waals surface area contributed by atoms with E-state index in [0.717, 1.165) is 0 Å². The van der Waals surface area contributed by atoms with Crippen molar-refractivity contribution in [2.75, 3.05) is 6.61 Å². The van der Waals surface area contributed by atoms with Crippen LogP contribution in [0.4, 0.5) is 0 Å². The van der Waals surface area contributed by atoms with Crippen LogP contribution < -0.4 is 17.4 Å². The van der Waals surface area contributed by atoms with Crippen molar-refractivity contribution < 1.29 is 14.4 Å². The maximum atomic E-state index is 12.6. The standard InChI is InChI=1S/C14H30N4O3/c1-11(2,21-17)8-9-20-12(3,4)10(19)14(15,16)13(5,6)18-7/h7-9,15-17H2,1-6H3. The molecule has 0 radical (unpaired) electrons. The van der Waals surface area contributed by atoms with Gasteiger partial charge in [-0.3, -0.25) is 14.6 Å². The van der Waals surface area contributed by atoms with Gasteiger partial charge in [-0.1, -0.05) is 0 Å². The Bertz CT molecular complexity index is 390. The minimum Gasteiger partial charge on any atom is -0.368 e. The van der Waals surface area contributed by atoms with Gasteiger partial charge in [0.25, 0.3) is 0 Å². The van der Waals surface area contributed by atoms with E-state index in [2.05, 4.69) is 11.7 Å². The van der Waals surface area contributed by atoms with E-state index in [1.807, 2.05) is 13.8 Å². The SMILES string of the molecule is C=NC(C)(C)C(N)(N)C(=O)C(C)(C)OCCC(C)(C)ON. The smallest absolute Gasteiger partial charge is 0.200 e. The van der Waals surface area contributed by atoms with Crippen LogP contribution in [0.2, 0.25) is 0 Å². The second-order valence-corrected chi connectivity index (χ2v) is 6.90. The highest BCUT2D eigenvalue weighted by Gasteiger charge is 2.50. The van der Waals surface area contributed by atoms with Crippen molar-refractivity contribution in [3.8, 4) is 0 Å². The number of rotatable bonds is 9. The van der Waals surface area contributed by atoms with E-state index in [1.165, 1.54) is 0 Å². The average molecular weight is 302 g/mol. The van der Waals surface area contributed by atoms with Crippen molar-refractivity contribution in [2.24, 2.45) is 22.4 Å². The van der Waals surface area contributed by atoms with Gasteiger partial charge < -0.3 is 16.2 Å². The van der Waals surface area contributed by atoms with E-state index < -0.39 is 28.2 Å². The highest BCUT2D eigenvalue weighted by molar-refractivity contribution is 5.95. The number of hydrogen-bond donors (Lipinski definition) is 3. The maximum absolute atomic E-state index is 12.6. The fourth-order valence-electron chi connectivity index (χ4n) is 1.58. The summed E-state index contributed by atoms with van der Waals surface area (Å²) in [5.74, 6) is 4.73. The maximum Gasteiger partial charge on any atom is 0.200 e. The minimum absolute atomic E-state index is 0.279. The number of nitrogens with two attached hydrogens (primary N) is 3. The molecule has 0 aliphatic heterocycles. The molecular formula is C14H30N4O3. The number of hydrogen-bond acceptors (Lipinski definition) is 7. The third kappa shape index (κ3) is 4.82. The molecule has 0 spiro atoms. The van der Waals surface area contributed by atoms with E-state index >= 15 is 0 Å². The van der Waals surface area contributed by atoms with Crippen LogP contribution in [-0.4, -0.2) is 41.5 Å². The van der Waals surface area contributed by atoms with Gasteiger partial charge >= 0.3 is 0 Å². The summed E-state index contributed by atoms with van der Waals surface area (Å²) in [5.41, 5.74) is 7.59. The summed E-state index contributed by atoms with van der Waals surface area (Å²) < 4.78 is 5.65. The molecule has 0 aromatic carbocycles. The van der Waals surface area contributed by atoms with Crippen LogP contribution in [0.15, 0.2) is 4.99 Å². The molecule has 0 saturated heterocycles. The molecule has 0 heterocycles. The Labute approximate surface area is 127 Å². The molecular weight excluding hydrogens is 272 g/mol. The molecule has 0 aliphatic carbocycles. The van der Waals surface area contributed by atoms with Crippen LogP contribution in [0, 0.1) is 0 Å². The lowest BCUT2D eigenvalue weighted by Crippen LogP contribution is -2.72. The van der Waals surface area contributed by atoms with Crippen molar-refractivity contribution in [1.82, 2.24) is 0 Å². The fourth-order valence-corrected chi connectivity index (χ4v) is 1.58. The van der Waals surface area contributed by atoms with E-state index in [1.54, 1.807) is 27.7 Å². The molecule has 0 aromatic rings. The van der Waals surface area contributed by atoms with Gasteiger partial charge in [0.1, 0.15) is 5.60 Å². The van der Waals surface area contributed by atoms with Crippen LogP contribution >= 0.6 is 0 Å². The highest BCUT2D eigenvalue weighted by atomic mass is 16.6. The van der Waals surface area contributed by atoms with Crippen LogP contribution in [0.25, 0.3) is 0 Å². The number of nitrogens with zero attached hydrogens (tertiary/aromatic N) is 1. The third-order valence-corrected chi connectivity index (χ3v) is 3.82. The number of aliphatic imine (C=N–C) groups is 1. The van der Waals surface area contributed by atoms with Gasteiger partial charge in [-0.15, -0.1) is 0 Å². The molecule has 0 atom stereocenters. The van der Waals surface area contributed by atoms with Gasteiger partial charge in [0, 0.05) is 6.42 Å². The van der Waals surface area contributed by atoms with E-state index in [-0.39, 0.29) is 6.61 Å². The summed E-state index contributed by atoms with van der Waals surface area (Å²) in [4.78, 5) is 21.3. The molecule has 0 bridgehead atoms. The first-order chi connectivity index (χ1) is 9.23. The summed E-state index contributed by atoms with van der Waals surface area (Å²) in [6, 6.07) is 0. The largest absolute Gasteiger partial charge is 0.368 e. The molecule has 0 rings (SSSR count). The molecule has 0 fully saturated rings. The van der Waals surface area contributed by atoms with Gasteiger partial charge in [-0.2, -0.15) is 0 Å². The second-order valence-electron chi connectivity index (χ2n) is 6.90. The Kier molecular flexibility index (Phi) is 6.23. The molecule has 124 valence electrons. The van der Waals surface area contributed by atoms with Crippen molar-refractivity contribution in [3.05, 3.63) is 0 Å². The van der Waals surface area contributed by atoms with Crippen LogP contribution in [0.1, 0.15) is 48.0 Å². The number of carbonyl (C=O) groups is 1. The van der Waals surface area contributed by atoms with Crippen molar-refractivity contribution in [3.63, 3.8) is 0 Å². The zero-order chi connectivity index (χ0) is 17.1. The van der Waals surface area contributed by atoms with Crippen molar-refractivity contribution >= 4 is 12.5 Å². The second kappa shape index (κ2) is 6.50. The molecule has 0 aliphatic rings. The average Bonchev–Trinajstić information content (AvgIpc) is 2.36. The first-order valence-corrected chi connectivity index (χ1v) is 6.86. The molecule has 0 aromatic heterocycles. The van der Waals surface area contributed by atoms with Gasteiger partial charge in [0.2, 0.25) is 5.78 Å². The number of Topliss-reactive ketones (excluding diaryl/α,β-unsaturated/α-hetero) is 1. The third-order valence-electron chi connectivity index (χ3n) is 3.82. The molecule has 7 heteroatoms. The van der Waals surface area contributed by atoms with Crippen molar-refractivity contribution in [1.29, 1.82) is 0 Å². The molecule has 0 amide bonds. The summed E-state index contributed by atoms with van der Waals surface area (Å²) in [5, 5.41) is 0. The topological polar surface area (TPSA) is 126 Å². The Morgan fingerprint density at radius 1 is 1.14 bits per heavy atom. The lowest BCUT2D eigenvalue weighted by atomic mass is 9.80. The van der Waals surface area contributed by atoms with Gasteiger partial charge in [0.05, 0.1) is 17.7 Å². The van der Waals surface area contributed by atoms with Gasteiger partial charge in [-0.05, 0) is 48.3 Å². The summed E-state index contributed by atoms with van der Waals surface area (Å²) in [6.07, 6.45) is 0.519. The predicted octanol–water partition coefficient (Wildman–Crippen LogP) is 0.503. The lowest BCUT2D eigenvalue weighted by molar-refractivity contribution is -0.150. The quantitative estimate of drug-likeness (QED) is 0.323. The number of ether oxygens (including phenoxy) is 1. The van der Waals surface area contributed by atoms with Crippen LogP contribution in [-0.2, 0) is 14.4 Å².